The van der Waals surface area contributed by atoms with Crippen LogP contribution in [0.2, 0.25) is 0 Å². The van der Waals surface area contributed by atoms with E-state index in [2.05, 4.69) is 45.0 Å². The van der Waals surface area contributed by atoms with Crippen LogP contribution >= 0.6 is 11.3 Å². The molecular formula is C14H27N3OS. The summed E-state index contributed by atoms with van der Waals surface area (Å²) in [6.07, 6.45) is 0. The summed E-state index contributed by atoms with van der Waals surface area (Å²) < 4.78 is 5.12. The molecule has 0 aliphatic heterocycles. The van der Waals surface area contributed by atoms with E-state index in [1.54, 1.807) is 18.4 Å². The maximum Gasteiger partial charge on any atom is 0.185 e. The molecule has 0 aliphatic rings. The molecule has 0 saturated heterocycles. The number of hydrogen-bond acceptors (Lipinski definition) is 5. The van der Waals surface area contributed by atoms with Crippen LogP contribution in [0.5, 0.6) is 0 Å². The van der Waals surface area contributed by atoms with E-state index in [1.807, 2.05) is 0 Å². The van der Waals surface area contributed by atoms with Gasteiger partial charge in [0.05, 0.1) is 12.3 Å². The molecule has 19 heavy (non-hydrogen) atoms. The van der Waals surface area contributed by atoms with Crippen molar-refractivity contribution in [3.05, 3.63) is 10.6 Å². The van der Waals surface area contributed by atoms with Crippen LogP contribution in [0.15, 0.2) is 0 Å². The summed E-state index contributed by atoms with van der Waals surface area (Å²) >= 11 is 1.79. The van der Waals surface area contributed by atoms with E-state index in [-0.39, 0.29) is 0 Å². The van der Waals surface area contributed by atoms with Crippen molar-refractivity contribution in [3.63, 3.8) is 0 Å². The van der Waals surface area contributed by atoms with Crippen molar-refractivity contribution in [2.75, 3.05) is 32.2 Å². The lowest BCUT2D eigenvalue weighted by Gasteiger charge is -2.14. The number of likely N-dealkylation sites (N-methyl/N-ethyl adjacent to an activating group) is 1. The van der Waals surface area contributed by atoms with Gasteiger partial charge in [0.1, 0.15) is 0 Å². The largest absolute Gasteiger partial charge is 0.383 e. The first-order valence-corrected chi connectivity index (χ1v) is 7.70. The molecule has 1 N–H and O–H groups in total. The fourth-order valence-electron chi connectivity index (χ4n) is 1.71. The second-order valence-electron chi connectivity index (χ2n) is 5.41. The van der Waals surface area contributed by atoms with Gasteiger partial charge in [0.25, 0.3) is 0 Å². The van der Waals surface area contributed by atoms with Crippen LogP contribution in [-0.4, -0.2) is 38.3 Å². The van der Waals surface area contributed by atoms with E-state index in [9.17, 15) is 0 Å². The van der Waals surface area contributed by atoms with Gasteiger partial charge in [-0.15, -0.1) is 11.3 Å². The predicted molar refractivity (Wildman–Crippen MR) is 83.3 cm³/mol. The summed E-state index contributed by atoms with van der Waals surface area (Å²) in [5.74, 6) is 0.463. The van der Waals surface area contributed by atoms with Gasteiger partial charge in [-0.25, -0.2) is 4.98 Å². The number of nitrogens with zero attached hydrogens (tertiary/aromatic N) is 2. The molecule has 0 amide bonds. The third-order valence-electron chi connectivity index (χ3n) is 2.89. The number of ether oxygens (including phenoxy) is 1. The van der Waals surface area contributed by atoms with Gasteiger partial charge in [-0.2, -0.15) is 0 Å². The molecule has 0 bridgehead atoms. The Morgan fingerprint density at radius 3 is 2.53 bits per heavy atom. The molecule has 0 aromatic carbocycles. The van der Waals surface area contributed by atoms with E-state index in [0.717, 1.165) is 24.8 Å². The summed E-state index contributed by atoms with van der Waals surface area (Å²) in [6, 6.07) is 0.497. The number of rotatable bonds is 8. The smallest absolute Gasteiger partial charge is 0.185 e. The molecule has 0 aliphatic carbocycles. The highest BCUT2D eigenvalue weighted by Gasteiger charge is 2.16. The zero-order valence-electron chi connectivity index (χ0n) is 13.0. The number of nitrogens with one attached hydrogen (secondary N) is 1. The summed E-state index contributed by atoms with van der Waals surface area (Å²) in [4.78, 5) is 8.30. The van der Waals surface area contributed by atoms with Crippen LogP contribution in [0.3, 0.4) is 0 Å². The summed E-state index contributed by atoms with van der Waals surface area (Å²) in [6.45, 7) is 11.2. The quantitative estimate of drug-likeness (QED) is 0.797. The topological polar surface area (TPSA) is 37.4 Å². The average molecular weight is 285 g/mol. The Hall–Kier alpha value is -0.650. The molecule has 0 unspecified atom stereocenters. The third kappa shape index (κ3) is 5.09. The highest BCUT2D eigenvalue weighted by Crippen LogP contribution is 2.30. The van der Waals surface area contributed by atoms with Gasteiger partial charge in [0.15, 0.2) is 5.13 Å². The van der Waals surface area contributed by atoms with Crippen LogP contribution in [0.1, 0.15) is 44.2 Å². The maximum absolute atomic E-state index is 5.12. The fourth-order valence-corrected chi connectivity index (χ4v) is 2.87. The predicted octanol–water partition coefficient (Wildman–Crippen LogP) is 2.85. The van der Waals surface area contributed by atoms with Crippen LogP contribution in [0.25, 0.3) is 0 Å². The van der Waals surface area contributed by atoms with E-state index in [0.29, 0.717) is 12.0 Å². The van der Waals surface area contributed by atoms with Crippen LogP contribution in [-0.2, 0) is 11.3 Å². The summed E-state index contributed by atoms with van der Waals surface area (Å²) in [5.41, 5.74) is 1.22. The molecule has 5 heteroatoms. The summed E-state index contributed by atoms with van der Waals surface area (Å²) in [7, 11) is 3.80. The van der Waals surface area contributed by atoms with Crippen LogP contribution < -0.4 is 10.2 Å². The monoisotopic (exact) mass is 285 g/mol. The molecule has 1 aromatic heterocycles. The zero-order chi connectivity index (χ0) is 14.4. The Labute approximate surface area is 121 Å². The Bertz CT molecular complexity index is 377. The second-order valence-corrected chi connectivity index (χ2v) is 6.47. The van der Waals surface area contributed by atoms with Gasteiger partial charge in [0, 0.05) is 38.2 Å². The summed E-state index contributed by atoms with van der Waals surface area (Å²) in [5, 5.41) is 4.56. The van der Waals surface area contributed by atoms with Crippen molar-refractivity contribution in [2.24, 2.45) is 0 Å². The van der Waals surface area contributed by atoms with Gasteiger partial charge >= 0.3 is 0 Å². The molecule has 1 heterocycles. The van der Waals surface area contributed by atoms with Gasteiger partial charge in [0.2, 0.25) is 0 Å². The van der Waals surface area contributed by atoms with Crippen molar-refractivity contribution in [3.8, 4) is 0 Å². The van der Waals surface area contributed by atoms with Gasteiger partial charge in [-0.1, -0.05) is 27.7 Å². The first-order chi connectivity index (χ1) is 8.95. The molecule has 0 radical (unpaired) electrons. The standard InChI is InChI=1S/C14H27N3OS/c1-10(2)13-12(9-15-11(3)4)19-14(16-13)17(5)7-8-18-6/h10-11,15H,7-9H2,1-6H3. The molecule has 0 spiro atoms. The second kappa shape index (κ2) is 7.82. The highest BCUT2D eigenvalue weighted by molar-refractivity contribution is 7.15. The first-order valence-electron chi connectivity index (χ1n) is 6.88. The Balaban J connectivity index is 2.81. The van der Waals surface area contributed by atoms with Crippen molar-refractivity contribution in [1.29, 1.82) is 0 Å². The Morgan fingerprint density at radius 1 is 1.32 bits per heavy atom. The molecule has 4 nitrogen and oxygen atoms in total. The number of aromatic nitrogens is 1. The molecule has 0 fully saturated rings. The van der Waals surface area contributed by atoms with E-state index < -0.39 is 0 Å². The molecule has 1 aromatic rings. The molecule has 0 atom stereocenters. The molecular weight excluding hydrogens is 258 g/mol. The first kappa shape index (κ1) is 16.4. The van der Waals surface area contributed by atoms with E-state index >= 15 is 0 Å². The highest BCUT2D eigenvalue weighted by atomic mass is 32.1. The number of methoxy groups -OCH3 is 1. The lowest BCUT2D eigenvalue weighted by atomic mass is 10.1. The van der Waals surface area contributed by atoms with E-state index in [4.69, 9.17) is 9.72 Å². The number of anilines is 1. The van der Waals surface area contributed by atoms with Crippen molar-refractivity contribution >= 4 is 16.5 Å². The van der Waals surface area contributed by atoms with Crippen molar-refractivity contribution < 1.29 is 4.74 Å². The third-order valence-corrected chi connectivity index (χ3v) is 4.08. The van der Waals surface area contributed by atoms with Crippen molar-refractivity contribution in [2.45, 2.75) is 46.2 Å². The van der Waals surface area contributed by atoms with Gasteiger partial charge in [-0.3, -0.25) is 0 Å². The van der Waals surface area contributed by atoms with E-state index in [1.165, 1.54) is 10.6 Å². The zero-order valence-corrected chi connectivity index (χ0v) is 13.8. The van der Waals surface area contributed by atoms with Gasteiger partial charge < -0.3 is 15.0 Å². The minimum atomic E-state index is 0.463. The fraction of sp³-hybridized carbons (Fsp3) is 0.786. The van der Waals surface area contributed by atoms with Crippen LogP contribution in [0, 0.1) is 0 Å². The van der Waals surface area contributed by atoms with Gasteiger partial charge in [-0.05, 0) is 5.92 Å². The lowest BCUT2D eigenvalue weighted by molar-refractivity contribution is 0.206. The SMILES string of the molecule is COCCN(C)c1nc(C(C)C)c(CNC(C)C)s1. The Kier molecular flexibility index (Phi) is 6.75. The molecule has 1 rings (SSSR count). The van der Waals surface area contributed by atoms with Crippen LogP contribution in [0.4, 0.5) is 5.13 Å². The number of hydrogen-bond donors (Lipinski definition) is 1. The minimum Gasteiger partial charge on any atom is -0.383 e. The molecule has 0 saturated carbocycles. The Morgan fingerprint density at radius 2 is 2.00 bits per heavy atom. The normalized spacial score (nSPS) is 11.6. The number of thiazole rings is 1. The molecule has 110 valence electrons. The lowest BCUT2D eigenvalue weighted by Crippen LogP contribution is -2.22. The minimum absolute atomic E-state index is 0.463. The van der Waals surface area contributed by atoms with Crippen molar-refractivity contribution in [1.82, 2.24) is 10.3 Å². The maximum atomic E-state index is 5.12. The average Bonchev–Trinajstić information content (AvgIpc) is 2.77.